The molecule has 1 saturated heterocycles. The van der Waals surface area contributed by atoms with Crippen molar-refractivity contribution in [1.29, 1.82) is 0 Å². The van der Waals surface area contributed by atoms with E-state index in [1.165, 1.54) is 0 Å². The van der Waals surface area contributed by atoms with Gasteiger partial charge in [-0.05, 0) is 25.5 Å². The first kappa shape index (κ1) is 15.9. The summed E-state index contributed by atoms with van der Waals surface area (Å²) in [5.74, 6) is 3.27. The van der Waals surface area contributed by atoms with Crippen LogP contribution in [0, 0.1) is 6.92 Å². The Morgan fingerprint density at radius 2 is 1.96 bits per heavy atom. The number of hydrogen-bond donors (Lipinski definition) is 0. The molecular weight excluding hydrogens is 320 g/mol. The number of aromatic nitrogens is 6. The monoisotopic (exact) mass is 342 g/mol. The summed E-state index contributed by atoms with van der Waals surface area (Å²) in [6.07, 6.45) is 1.86. The molecule has 0 amide bonds. The molecule has 9 nitrogen and oxygen atoms in total. The zero-order valence-electron chi connectivity index (χ0n) is 14.6. The number of piperazine rings is 1. The molecule has 0 aromatic carbocycles. The Labute approximate surface area is 145 Å². The second kappa shape index (κ2) is 6.75. The third-order valence-corrected chi connectivity index (χ3v) is 4.44. The van der Waals surface area contributed by atoms with E-state index < -0.39 is 0 Å². The van der Waals surface area contributed by atoms with Crippen molar-refractivity contribution in [3.8, 4) is 0 Å². The summed E-state index contributed by atoms with van der Waals surface area (Å²) in [4.78, 5) is 9.08. The maximum Gasteiger partial charge on any atom is 0.226 e. The molecule has 3 aromatic heterocycles. The molecule has 0 unspecified atom stereocenters. The summed E-state index contributed by atoms with van der Waals surface area (Å²) in [7, 11) is 0. The van der Waals surface area contributed by atoms with Crippen molar-refractivity contribution in [1.82, 2.24) is 34.9 Å². The lowest BCUT2D eigenvalue weighted by Crippen LogP contribution is -2.46. The second-order valence-corrected chi connectivity index (χ2v) is 6.33. The molecule has 4 rings (SSSR count). The number of nitrogens with zero attached hydrogens (tertiary/aromatic N) is 8. The van der Waals surface area contributed by atoms with Crippen molar-refractivity contribution in [2.24, 2.45) is 0 Å². The minimum Gasteiger partial charge on any atom is -0.353 e. The van der Waals surface area contributed by atoms with Crippen LogP contribution in [0.25, 0.3) is 5.65 Å². The maximum atomic E-state index is 5.26. The fourth-order valence-corrected chi connectivity index (χ4v) is 3.06. The molecule has 0 spiro atoms. The molecule has 1 aliphatic rings. The normalized spacial score (nSPS) is 16.0. The number of fused-ring (bicyclic) bond motifs is 1. The highest BCUT2D eigenvalue weighted by Gasteiger charge is 2.20. The maximum absolute atomic E-state index is 5.26. The number of rotatable bonds is 5. The summed E-state index contributed by atoms with van der Waals surface area (Å²) in [5, 5.41) is 16.9. The average Bonchev–Trinajstić information content (AvgIpc) is 3.23. The fraction of sp³-hybridized carbons (Fsp3) is 0.562. The molecule has 0 radical (unpaired) electrons. The van der Waals surface area contributed by atoms with Crippen LogP contribution >= 0.6 is 0 Å². The lowest BCUT2D eigenvalue weighted by molar-refractivity contribution is 0.239. The van der Waals surface area contributed by atoms with Crippen molar-refractivity contribution in [3.63, 3.8) is 0 Å². The molecule has 0 aliphatic carbocycles. The molecule has 0 atom stereocenters. The second-order valence-electron chi connectivity index (χ2n) is 6.33. The molecule has 9 heteroatoms. The average molecular weight is 342 g/mol. The summed E-state index contributed by atoms with van der Waals surface area (Å²) in [5.41, 5.74) is 0.778. The van der Waals surface area contributed by atoms with E-state index in [4.69, 9.17) is 4.52 Å². The van der Waals surface area contributed by atoms with Gasteiger partial charge in [0, 0.05) is 32.6 Å². The highest BCUT2D eigenvalue weighted by molar-refractivity contribution is 5.46. The summed E-state index contributed by atoms with van der Waals surface area (Å²) >= 11 is 0. The Kier molecular flexibility index (Phi) is 4.31. The van der Waals surface area contributed by atoms with Crippen LogP contribution in [-0.4, -0.2) is 61.0 Å². The topological polar surface area (TPSA) is 88.5 Å². The van der Waals surface area contributed by atoms with Crippen molar-refractivity contribution in [2.75, 3.05) is 31.1 Å². The van der Waals surface area contributed by atoms with E-state index in [0.717, 1.165) is 74.6 Å². The van der Waals surface area contributed by atoms with Crippen LogP contribution in [-0.2, 0) is 13.0 Å². The molecule has 25 heavy (non-hydrogen) atoms. The summed E-state index contributed by atoms with van der Waals surface area (Å²) < 4.78 is 7.05. The van der Waals surface area contributed by atoms with Gasteiger partial charge in [0.15, 0.2) is 17.3 Å². The van der Waals surface area contributed by atoms with E-state index >= 15 is 0 Å². The van der Waals surface area contributed by atoms with Gasteiger partial charge >= 0.3 is 0 Å². The standard InChI is InChI=1S/C16H22N8O/c1-3-4-16-17-13(21-25-16)11-22-7-9-23(10-8-22)15-6-5-14-19-18-12(2)24(14)20-15/h5-6H,3-4,7-11H2,1-2H3. The van der Waals surface area contributed by atoms with E-state index in [1.54, 1.807) is 4.52 Å². The number of hydrogen-bond acceptors (Lipinski definition) is 8. The minimum absolute atomic E-state index is 0.734. The Balaban J connectivity index is 1.37. The number of aryl methyl sites for hydroxylation is 2. The first-order chi connectivity index (χ1) is 12.2. The minimum atomic E-state index is 0.734. The predicted molar refractivity (Wildman–Crippen MR) is 91.3 cm³/mol. The Hall–Kier alpha value is -2.55. The molecule has 1 aliphatic heterocycles. The zero-order chi connectivity index (χ0) is 17.2. The lowest BCUT2D eigenvalue weighted by Gasteiger charge is -2.34. The van der Waals surface area contributed by atoms with Crippen LogP contribution in [0.5, 0.6) is 0 Å². The van der Waals surface area contributed by atoms with E-state index in [1.807, 2.05) is 19.1 Å². The van der Waals surface area contributed by atoms with Gasteiger partial charge in [0.2, 0.25) is 5.89 Å². The molecule has 0 N–H and O–H groups in total. The Morgan fingerprint density at radius 1 is 1.12 bits per heavy atom. The highest BCUT2D eigenvalue weighted by Crippen LogP contribution is 2.15. The molecule has 3 aromatic rings. The van der Waals surface area contributed by atoms with Gasteiger partial charge in [-0.2, -0.15) is 9.50 Å². The van der Waals surface area contributed by atoms with Gasteiger partial charge in [0.1, 0.15) is 5.82 Å². The van der Waals surface area contributed by atoms with Gasteiger partial charge < -0.3 is 9.42 Å². The van der Waals surface area contributed by atoms with Crippen LogP contribution in [0.15, 0.2) is 16.7 Å². The van der Waals surface area contributed by atoms with Crippen LogP contribution in [0.1, 0.15) is 30.9 Å². The van der Waals surface area contributed by atoms with Gasteiger partial charge in [0.05, 0.1) is 6.54 Å². The Morgan fingerprint density at radius 3 is 2.76 bits per heavy atom. The quantitative estimate of drug-likeness (QED) is 0.681. The van der Waals surface area contributed by atoms with Crippen LogP contribution < -0.4 is 4.90 Å². The number of anilines is 1. The zero-order valence-corrected chi connectivity index (χ0v) is 14.6. The predicted octanol–water partition coefficient (Wildman–Crippen LogP) is 1.09. The van der Waals surface area contributed by atoms with Crippen LogP contribution in [0.2, 0.25) is 0 Å². The molecule has 4 heterocycles. The lowest BCUT2D eigenvalue weighted by atomic mass is 10.3. The highest BCUT2D eigenvalue weighted by atomic mass is 16.5. The van der Waals surface area contributed by atoms with Gasteiger partial charge in [0.25, 0.3) is 0 Å². The van der Waals surface area contributed by atoms with E-state index in [2.05, 4.69) is 42.2 Å². The Bertz CT molecular complexity index is 849. The smallest absolute Gasteiger partial charge is 0.226 e. The molecule has 0 bridgehead atoms. The van der Waals surface area contributed by atoms with Crippen LogP contribution in [0.3, 0.4) is 0 Å². The molecular formula is C16H22N8O. The van der Waals surface area contributed by atoms with E-state index in [9.17, 15) is 0 Å². The summed E-state index contributed by atoms with van der Waals surface area (Å²) in [6.45, 7) is 8.47. The molecule has 1 fully saturated rings. The summed E-state index contributed by atoms with van der Waals surface area (Å²) in [6, 6.07) is 3.97. The van der Waals surface area contributed by atoms with E-state index in [-0.39, 0.29) is 0 Å². The third kappa shape index (κ3) is 3.32. The first-order valence-electron chi connectivity index (χ1n) is 8.71. The van der Waals surface area contributed by atoms with Crippen molar-refractivity contribution >= 4 is 11.5 Å². The third-order valence-electron chi connectivity index (χ3n) is 4.44. The van der Waals surface area contributed by atoms with Gasteiger partial charge in [-0.15, -0.1) is 15.3 Å². The first-order valence-corrected chi connectivity index (χ1v) is 8.71. The van der Waals surface area contributed by atoms with Crippen molar-refractivity contribution < 1.29 is 4.52 Å². The molecule has 0 saturated carbocycles. The largest absolute Gasteiger partial charge is 0.353 e. The molecule has 132 valence electrons. The van der Waals surface area contributed by atoms with Crippen LogP contribution in [0.4, 0.5) is 5.82 Å². The van der Waals surface area contributed by atoms with Gasteiger partial charge in [-0.25, -0.2) is 0 Å². The SMILES string of the molecule is CCCc1nc(CN2CCN(c3ccc4nnc(C)n4n3)CC2)no1. The fourth-order valence-electron chi connectivity index (χ4n) is 3.06. The van der Waals surface area contributed by atoms with Gasteiger partial charge in [-0.3, -0.25) is 4.90 Å². The van der Waals surface area contributed by atoms with Crippen molar-refractivity contribution in [3.05, 3.63) is 29.7 Å². The van der Waals surface area contributed by atoms with Gasteiger partial charge in [-0.1, -0.05) is 12.1 Å². The van der Waals surface area contributed by atoms with E-state index in [0.29, 0.717) is 0 Å². The van der Waals surface area contributed by atoms with Crippen molar-refractivity contribution in [2.45, 2.75) is 33.2 Å².